The molecule has 2 aromatic rings. The number of aliphatic hydroxyl groups is 2. The van der Waals surface area contributed by atoms with Crippen molar-refractivity contribution in [1.82, 2.24) is 0 Å². The Kier molecular flexibility index (Phi) is 5.51. The number of aliphatic carboxylic acids is 1. The van der Waals surface area contributed by atoms with E-state index in [2.05, 4.69) is 0 Å². The van der Waals surface area contributed by atoms with Crippen LogP contribution in [0.4, 0.5) is 0 Å². The quantitative estimate of drug-likeness (QED) is 0.633. The molecule has 2 unspecified atom stereocenters. The van der Waals surface area contributed by atoms with E-state index in [9.17, 15) is 15.0 Å². The molecule has 0 radical (unpaired) electrons. The van der Waals surface area contributed by atoms with Gasteiger partial charge in [-0.25, -0.2) is 0 Å². The van der Waals surface area contributed by atoms with Crippen molar-refractivity contribution >= 4 is 11.5 Å². The van der Waals surface area contributed by atoms with E-state index in [1.165, 1.54) is 0 Å². The second kappa shape index (κ2) is 7.99. The van der Waals surface area contributed by atoms with Gasteiger partial charge in [-0.2, -0.15) is 0 Å². The third kappa shape index (κ3) is 4.20. The van der Waals surface area contributed by atoms with Gasteiger partial charge >= 0.3 is 5.97 Å². The number of ether oxygens (including phenoxy) is 1. The van der Waals surface area contributed by atoms with Crippen molar-refractivity contribution in [3.05, 3.63) is 77.9 Å². The first kappa shape index (κ1) is 17.9. The van der Waals surface area contributed by atoms with Crippen molar-refractivity contribution in [2.45, 2.75) is 25.0 Å². The van der Waals surface area contributed by atoms with E-state index in [1.54, 1.807) is 12.2 Å². The maximum Gasteiger partial charge on any atom is 0.305 e. The molecule has 2 atom stereocenters. The summed E-state index contributed by atoms with van der Waals surface area (Å²) < 4.78 is 5.92. The van der Waals surface area contributed by atoms with Gasteiger partial charge in [0.05, 0.1) is 18.6 Å². The molecule has 1 aliphatic heterocycles. The SMILES string of the molecule is O=C(O)CC(O)CC(O)/C=C/C=C1c2ccccc2Oc2ccccc21. The zero-order chi connectivity index (χ0) is 18.5. The molecule has 2 aromatic carbocycles. The van der Waals surface area contributed by atoms with Gasteiger partial charge < -0.3 is 20.1 Å². The highest BCUT2D eigenvalue weighted by molar-refractivity contribution is 5.88. The molecular formula is C21H20O5. The summed E-state index contributed by atoms with van der Waals surface area (Å²) in [6, 6.07) is 15.4. The summed E-state index contributed by atoms with van der Waals surface area (Å²) in [6.07, 6.45) is 2.72. The molecule has 0 bridgehead atoms. The standard InChI is InChI=1S/C21H20O5/c22-14(12-15(23)13-21(24)25)6-5-9-16-17-7-1-3-10-19(17)26-20-11-4-2-8-18(16)20/h1-11,14-15,22-23H,12-13H2,(H,24,25)/b6-5+. The molecule has 26 heavy (non-hydrogen) atoms. The van der Waals surface area contributed by atoms with Crippen molar-refractivity contribution in [2.75, 3.05) is 0 Å². The van der Waals surface area contributed by atoms with Gasteiger partial charge in [-0.05, 0) is 17.7 Å². The Balaban J connectivity index is 1.81. The van der Waals surface area contributed by atoms with Crippen molar-refractivity contribution in [3.8, 4) is 11.5 Å². The first-order valence-electron chi connectivity index (χ1n) is 8.37. The molecule has 5 nitrogen and oxygen atoms in total. The van der Waals surface area contributed by atoms with Gasteiger partial charge in [0.15, 0.2) is 0 Å². The summed E-state index contributed by atoms with van der Waals surface area (Å²) in [6.45, 7) is 0. The van der Waals surface area contributed by atoms with Crippen LogP contribution in [0.1, 0.15) is 24.0 Å². The molecule has 0 saturated heterocycles. The first-order chi connectivity index (χ1) is 12.5. The normalized spacial score (nSPS) is 14.9. The number of carbonyl (C=O) groups is 1. The summed E-state index contributed by atoms with van der Waals surface area (Å²) in [4.78, 5) is 10.6. The smallest absolute Gasteiger partial charge is 0.305 e. The first-order valence-corrected chi connectivity index (χ1v) is 8.37. The molecule has 1 heterocycles. The van der Waals surface area contributed by atoms with Crippen molar-refractivity contribution in [1.29, 1.82) is 0 Å². The minimum absolute atomic E-state index is 0.0255. The number of hydrogen-bond acceptors (Lipinski definition) is 4. The summed E-state index contributed by atoms with van der Waals surface area (Å²) >= 11 is 0. The summed E-state index contributed by atoms with van der Waals surface area (Å²) in [5.41, 5.74) is 2.88. The molecule has 0 aromatic heterocycles. The number of allylic oxidation sites excluding steroid dienone is 2. The van der Waals surface area contributed by atoms with E-state index in [0.717, 1.165) is 28.2 Å². The van der Waals surface area contributed by atoms with E-state index in [-0.39, 0.29) is 12.8 Å². The Morgan fingerprint density at radius 1 is 1.00 bits per heavy atom. The van der Waals surface area contributed by atoms with Gasteiger partial charge in [0.1, 0.15) is 11.5 Å². The van der Waals surface area contributed by atoms with Gasteiger partial charge in [-0.3, -0.25) is 4.79 Å². The van der Waals surface area contributed by atoms with Crippen LogP contribution in [-0.2, 0) is 4.79 Å². The Labute approximate surface area is 151 Å². The average molecular weight is 352 g/mol. The predicted octanol–water partition coefficient (Wildman–Crippen LogP) is 3.37. The lowest BCUT2D eigenvalue weighted by molar-refractivity contribution is -0.139. The number of carboxylic acids is 1. The number of carboxylic acid groups (broad SMARTS) is 1. The monoisotopic (exact) mass is 352 g/mol. The Hall–Kier alpha value is -2.89. The third-order valence-corrected chi connectivity index (χ3v) is 4.09. The minimum Gasteiger partial charge on any atom is -0.481 e. The van der Waals surface area contributed by atoms with Crippen LogP contribution in [0.15, 0.2) is 66.8 Å². The summed E-state index contributed by atoms with van der Waals surface area (Å²) in [5.74, 6) is 0.442. The van der Waals surface area contributed by atoms with Crippen LogP contribution in [0, 0.1) is 0 Å². The van der Waals surface area contributed by atoms with E-state index in [0.29, 0.717) is 0 Å². The van der Waals surface area contributed by atoms with E-state index in [1.807, 2.05) is 54.6 Å². The Morgan fingerprint density at radius 2 is 1.58 bits per heavy atom. The molecule has 3 rings (SSSR count). The number of benzene rings is 2. The molecule has 3 N–H and O–H groups in total. The number of aliphatic hydroxyl groups excluding tert-OH is 2. The number of para-hydroxylation sites is 2. The van der Waals surface area contributed by atoms with E-state index >= 15 is 0 Å². The molecule has 0 saturated carbocycles. The maximum absolute atomic E-state index is 10.6. The summed E-state index contributed by atoms with van der Waals surface area (Å²) in [5, 5.41) is 28.2. The van der Waals surface area contributed by atoms with Gasteiger partial charge in [-0.15, -0.1) is 0 Å². The highest BCUT2D eigenvalue weighted by Crippen LogP contribution is 2.43. The fourth-order valence-corrected chi connectivity index (χ4v) is 2.92. The van der Waals surface area contributed by atoms with E-state index < -0.39 is 18.2 Å². The van der Waals surface area contributed by atoms with Crippen LogP contribution in [0.25, 0.3) is 5.57 Å². The molecule has 0 spiro atoms. The van der Waals surface area contributed by atoms with Crippen LogP contribution in [0.2, 0.25) is 0 Å². The van der Waals surface area contributed by atoms with Crippen LogP contribution in [-0.4, -0.2) is 33.5 Å². The van der Waals surface area contributed by atoms with Gasteiger partial charge in [0, 0.05) is 17.5 Å². The number of hydrogen-bond donors (Lipinski definition) is 3. The van der Waals surface area contributed by atoms with Gasteiger partial charge in [0.2, 0.25) is 0 Å². The fraction of sp³-hybridized carbons (Fsp3) is 0.190. The lowest BCUT2D eigenvalue weighted by Gasteiger charge is -2.22. The molecule has 134 valence electrons. The molecule has 0 amide bonds. The lowest BCUT2D eigenvalue weighted by atomic mass is 9.93. The molecule has 5 heteroatoms. The molecular weight excluding hydrogens is 332 g/mol. The average Bonchev–Trinajstić information content (AvgIpc) is 2.60. The van der Waals surface area contributed by atoms with E-state index in [4.69, 9.17) is 9.84 Å². The van der Waals surface area contributed by atoms with Gasteiger partial charge in [-0.1, -0.05) is 54.6 Å². The van der Waals surface area contributed by atoms with Crippen molar-refractivity contribution in [3.63, 3.8) is 0 Å². The van der Waals surface area contributed by atoms with Crippen LogP contribution in [0.3, 0.4) is 0 Å². The Morgan fingerprint density at radius 3 is 2.15 bits per heavy atom. The zero-order valence-electron chi connectivity index (χ0n) is 14.1. The van der Waals surface area contributed by atoms with Crippen LogP contribution >= 0.6 is 0 Å². The fourth-order valence-electron chi connectivity index (χ4n) is 2.92. The second-order valence-corrected chi connectivity index (χ2v) is 6.11. The maximum atomic E-state index is 10.6. The minimum atomic E-state index is -1.09. The highest BCUT2D eigenvalue weighted by Gasteiger charge is 2.20. The van der Waals surface area contributed by atoms with Crippen molar-refractivity contribution < 1.29 is 24.9 Å². The largest absolute Gasteiger partial charge is 0.481 e. The second-order valence-electron chi connectivity index (χ2n) is 6.11. The summed E-state index contributed by atoms with van der Waals surface area (Å²) in [7, 11) is 0. The number of fused-ring (bicyclic) bond motifs is 2. The zero-order valence-corrected chi connectivity index (χ0v) is 14.1. The number of rotatable bonds is 6. The van der Waals surface area contributed by atoms with Crippen LogP contribution < -0.4 is 4.74 Å². The molecule has 0 aliphatic carbocycles. The predicted molar refractivity (Wildman–Crippen MR) is 98.1 cm³/mol. The third-order valence-electron chi connectivity index (χ3n) is 4.09. The van der Waals surface area contributed by atoms with Crippen molar-refractivity contribution in [2.24, 2.45) is 0 Å². The lowest BCUT2D eigenvalue weighted by Crippen LogP contribution is -2.19. The van der Waals surface area contributed by atoms with Crippen LogP contribution in [0.5, 0.6) is 11.5 Å². The molecule has 1 aliphatic rings. The highest BCUT2D eigenvalue weighted by atomic mass is 16.5. The topological polar surface area (TPSA) is 87.0 Å². The Bertz CT molecular complexity index is 805. The van der Waals surface area contributed by atoms with Gasteiger partial charge in [0.25, 0.3) is 0 Å². The molecule has 0 fully saturated rings.